The Labute approximate surface area is 184 Å². The molecule has 0 N–H and O–H groups in total. The van der Waals surface area contributed by atoms with Crippen molar-refractivity contribution in [3.8, 4) is 11.1 Å². The fourth-order valence-electron chi connectivity index (χ4n) is 4.01. The van der Waals surface area contributed by atoms with Gasteiger partial charge >= 0.3 is 0 Å². The fourth-order valence-corrected chi connectivity index (χ4v) is 4.01. The highest BCUT2D eigenvalue weighted by molar-refractivity contribution is 5.94. The number of nitrogens with zero attached hydrogens (tertiary/aromatic N) is 5. The number of carbonyl (C=O) groups excluding carboxylic acids is 1. The molecule has 1 aliphatic carbocycles. The van der Waals surface area contributed by atoms with Gasteiger partial charge in [-0.1, -0.05) is 0 Å². The van der Waals surface area contributed by atoms with E-state index in [4.69, 9.17) is 9.47 Å². The molecule has 1 amide bonds. The molecule has 1 aliphatic heterocycles. The minimum Gasteiger partial charge on any atom is -0.383 e. The highest BCUT2D eigenvalue weighted by atomic mass is 16.5. The van der Waals surface area contributed by atoms with Gasteiger partial charge in [-0.15, -0.1) is 0 Å². The average Bonchev–Trinajstić information content (AvgIpc) is 3.27. The second-order valence-corrected chi connectivity index (χ2v) is 8.45. The van der Waals surface area contributed by atoms with Crippen molar-refractivity contribution in [1.82, 2.24) is 19.4 Å². The summed E-state index contributed by atoms with van der Waals surface area (Å²) in [5.41, 5.74) is 2.63. The van der Waals surface area contributed by atoms with E-state index in [1.807, 2.05) is 23.4 Å². The molecular formula is C23H33N5O3. The number of hydrogen-bond donors (Lipinski definition) is 0. The largest absolute Gasteiger partial charge is 0.383 e. The van der Waals surface area contributed by atoms with Gasteiger partial charge < -0.3 is 23.8 Å². The van der Waals surface area contributed by atoms with E-state index in [9.17, 15) is 4.79 Å². The number of aromatic nitrogens is 3. The Morgan fingerprint density at radius 2 is 1.71 bits per heavy atom. The van der Waals surface area contributed by atoms with E-state index < -0.39 is 0 Å². The predicted molar refractivity (Wildman–Crippen MR) is 119 cm³/mol. The number of carbonyl (C=O) groups is 1. The molecule has 2 aromatic rings. The van der Waals surface area contributed by atoms with Crippen molar-refractivity contribution in [2.24, 2.45) is 5.92 Å². The van der Waals surface area contributed by atoms with Crippen LogP contribution in [0.1, 0.15) is 36.2 Å². The summed E-state index contributed by atoms with van der Waals surface area (Å²) in [6, 6.07) is 1.98. The molecule has 0 bridgehead atoms. The van der Waals surface area contributed by atoms with Crippen molar-refractivity contribution in [3.63, 3.8) is 0 Å². The van der Waals surface area contributed by atoms with Crippen molar-refractivity contribution in [1.29, 1.82) is 0 Å². The van der Waals surface area contributed by atoms with Crippen LogP contribution in [-0.4, -0.2) is 79.0 Å². The summed E-state index contributed by atoms with van der Waals surface area (Å²) in [5, 5.41) is 0. The molecule has 8 heteroatoms. The van der Waals surface area contributed by atoms with Gasteiger partial charge in [-0.2, -0.15) is 0 Å². The Hall–Kier alpha value is -2.45. The van der Waals surface area contributed by atoms with Crippen LogP contribution in [0.3, 0.4) is 0 Å². The monoisotopic (exact) mass is 427 g/mol. The number of methoxy groups -OCH3 is 2. The molecular weight excluding hydrogens is 394 g/mol. The molecule has 2 aliphatic rings. The Morgan fingerprint density at radius 1 is 1.06 bits per heavy atom. The zero-order valence-electron chi connectivity index (χ0n) is 18.6. The lowest BCUT2D eigenvalue weighted by molar-refractivity contribution is 0.0617. The predicted octanol–water partition coefficient (Wildman–Crippen LogP) is 2.69. The lowest BCUT2D eigenvalue weighted by atomic mass is 10.2. The van der Waals surface area contributed by atoms with Crippen LogP contribution < -0.4 is 4.90 Å². The van der Waals surface area contributed by atoms with Gasteiger partial charge in [-0.3, -0.25) is 4.79 Å². The van der Waals surface area contributed by atoms with E-state index in [1.165, 1.54) is 25.7 Å². The van der Waals surface area contributed by atoms with E-state index in [-0.39, 0.29) is 5.91 Å². The molecule has 8 nitrogen and oxygen atoms in total. The maximum Gasteiger partial charge on any atom is 0.270 e. The van der Waals surface area contributed by atoms with Crippen LogP contribution in [0.2, 0.25) is 0 Å². The van der Waals surface area contributed by atoms with Gasteiger partial charge in [0.1, 0.15) is 5.69 Å². The molecule has 0 spiro atoms. The van der Waals surface area contributed by atoms with Crippen molar-refractivity contribution in [2.75, 3.05) is 58.5 Å². The molecule has 3 heterocycles. The summed E-state index contributed by atoms with van der Waals surface area (Å²) in [4.78, 5) is 26.6. The van der Waals surface area contributed by atoms with Crippen molar-refractivity contribution < 1.29 is 14.3 Å². The standard InChI is InChI=1S/C23H33N5O3/c1-30-11-9-26(10-12-31-2)22(29)21-13-19(17-28(21)16-18-5-6-18)20-14-24-23(25-15-20)27-7-3-4-8-27/h13-15,17-18H,3-12,16H2,1-2H3. The van der Waals surface area contributed by atoms with Crippen LogP contribution in [0.15, 0.2) is 24.7 Å². The first-order valence-corrected chi connectivity index (χ1v) is 11.2. The minimum atomic E-state index is 0.00982. The molecule has 0 atom stereocenters. The summed E-state index contributed by atoms with van der Waals surface area (Å²) < 4.78 is 12.5. The van der Waals surface area contributed by atoms with E-state index in [0.717, 1.165) is 36.7 Å². The lowest BCUT2D eigenvalue weighted by Gasteiger charge is -2.22. The minimum absolute atomic E-state index is 0.00982. The van der Waals surface area contributed by atoms with Crippen LogP contribution in [-0.2, 0) is 16.0 Å². The molecule has 0 radical (unpaired) electrons. The smallest absolute Gasteiger partial charge is 0.270 e. The first-order chi connectivity index (χ1) is 15.2. The molecule has 31 heavy (non-hydrogen) atoms. The van der Waals surface area contributed by atoms with Crippen molar-refractivity contribution in [3.05, 3.63) is 30.4 Å². The zero-order chi connectivity index (χ0) is 21.6. The lowest BCUT2D eigenvalue weighted by Crippen LogP contribution is -2.37. The number of anilines is 1. The average molecular weight is 428 g/mol. The van der Waals surface area contributed by atoms with Crippen LogP contribution in [0, 0.1) is 5.92 Å². The highest BCUT2D eigenvalue weighted by Crippen LogP contribution is 2.33. The number of hydrogen-bond acceptors (Lipinski definition) is 6. The summed E-state index contributed by atoms with van der Waals surface area (Å²) in [5.74, 6) is 1.46. The first kappa shape index (κ1) is 21.8. The number of ether oxygens (including phenoxy) is 2. The van der Waals surface area contributed by atoms with Gasteiger partial charge in [-0.25, -0.2) is 9.97 Å². The van der Waals surface area contributed by atoms with Crippen LogP contribution in [0.25, 0.3) is 11.1 Å². The number of rotatable bonds is 11. The second-order valence-electron chi connectivity index (χ2n) is 8.45. The molecule has 0 aromatic carbocycles. The van der Waals surface area contributed by atoms with Crippen molar-refractivity contribution in [2.45, 2.75) is 32.2 Å². The molecule has 1 saturated carbocycles. The van der Waals surface area contributed by atoms with Crippen molar-refractivity contribution >= 4 is 11.9 Å². The van der Waals surface area contributed by atoms with Gasteiger partial charge in [0.25, 0.3) is 5.91 Å². The third-order valence-electron chi connectivity index (χ3n) is 6.05. The Morgan fingerprint density at radius 3 is 2.29 bits per heavy atom. The van der Waals surface area contributed by atoms with Gasteiger partial charge in [0.15, 0.2) is 0 Å². The summed E-state index contributed by atoms with van der Waals surface area (Å²) >= 11 is 0. The molecule has 4 rings (SSSR count). The molecule has 1 saturated heterocycles. The van der Waals surface area contributed by atoms with Gasteiger partial charge in [-0.05, 0) is 37.7 Å². The van der Waals surface area contributed by atoms with E-state index in [2.05, 4.69) is 25.6 Å². The molecule has 168 valence electrons. The van der Waals surface area contributed by atoms with E-state index >= 15 is 0 Å². The SMILES string of the molecule is COCCN(CCOC)C(=O)c1cc(-c2cnc(N3CCCC3)nc2)cn1CC1CC1. The molecule has 2 aromatic heterocycles. The maximum atomic E-state index is 13.4. The zero-order valence-corrected chi connectivity index (χ0v) is 18.6. The maximum absolute atomic E-state index is 13.4. The second kappa shape index (κ2) is 10.2. The van der Waals surface area contributed by atoms with Crippen LogP contribution in [0.5, 0.6) is 0 Å². The quantitative estimate of drug-likeness (QED) is 0.549. The summed E-state index contributed by atoms with van der Waals surface area (Å²) in [6.07, 6.45) is 10.7. The topological polar surface area (TPSA) is 72.7 Å². The Bertz CT molecular complexity index is 849. The van der Waals surface area contributed by atoms with Gasteiger partial charge in [0.2, 0.25) is 5.95 Å². The van der Waals surface area contributed by atoms with Gasteiger partial charge in [0, 0.05) is 76.7 Å². The fraction of sp³-hybridized carbons (Fsp3) is 0.609. The first-order valence-electron chi connectivity index (χ1n) is 11.2. The normalized spacial score (nSPS) is 16.1. The van der Waals surface area contributed by atoms with Crippen LogP contribution >= 0.6 is 0 Å². The molecule has 2 fully saturated rings. The van der Waals surface area contributed by atoms with E-state index in [0.29, 0.717) is 37.9 Å². The number of amides is 1. The Balaban J connectivity index is 1.57. The van der Waals surface area contributed by atoms with Crippen LogP contribution in [0.4, 0.5) is 5.95 Å². The van der Waals surface area contributed by atoms with Gasteiger partial charge in [0.05, 0.1) is 13.2 Å². The highest BCUT2D eigenvalue weighted by Gasteiger charge is 2.26. The molecule has 0 unspecified atom stereocenters. The third kappa shape index (κ3) is 5.43. The Kier molecular flexibility index (Phi) is 7.19. The summed E-state index contributed by atoms with van der Waals surface area (Å²) in [7, 11) is 3.30. The summed E-state index contributed by atoms with van der Waals surface area (Å²) in [6.45, 7) is 4.99. The third-order valence-corrected chi connectivity index (χ3v) is 6.05. The van der Waals surface area contributed by atoms with E-state index in [1.54, 1.807) is 14.2 Å².